The van der Waals surface area contributed by atoms with Gasteiger partial charge in [-0.15, -0.1) is 0 Å². The third-order valence-corrected chi connectivity index (χ3v) is 3.81. The first-order valence-electron chi connectivity index (χ1n) is 5.47. The molecule has 0 bridgehead atoms. The number of hydrogen-bond acceptors (Lipinski definition) is 4. The van der Waals surface area contributed by atoms with Crippen LogP contribution in [-0.4, -0.2) is 25.7 Å². The first kappa shape index (κ1) is 13.5. The minimum Gasteiger partial charge on any atom is -0.316 e. The van der Waals surface area contributed by atoms with Crippen molar-refractivity contribution in [3.63, 3.8) is 0 Å². The van der Waals surface area contributed by atoms with Crippen molar-refractivity contribution in [2.24, 2.45) is 0 Å². The number of sulfonamides is 1. The number of benzene rings is 1. The Balaban J connectivity index is 2.36. The van der Waals surface area contributed by atoms with Crippen molar-refractivity contribution >= 4 is 15.7 Å². The molecular weight excluding hydrogens is 271 g/mol. The van der Waals surface area contributed by atoms with E-state index in [9.17, 15) is 12.8 Å². The Morgan fingerprint density at radius 2 is 2.21 bits per heavy atom. The van der Waals surface area contributed by atoms with Crippen molar-refractivity contribution in [3.8, 4) is 0 Å². The predicted molar refractivity (Wildman–Crippen MR) is 68.6 cm³/mol. The highest BCUT2D eigenvalue weighted by Crippen LogP contribution is 2.19. The molecule has 0 amide bonds. The van der Waals surface area contributed by atoms with E-state index in [1.165, 1.54) is 24.5 Å². The molecule has 2 rings (SSSR count). The van der Waals surface area contributed by atoms with Gasteiger partial charge in [0.25, 0.3) is 10.0 Å². The molecule has 0 saturated carbocycles. The van der Waals surface area contributed by atoms with Crippen LogP contribution in [0.5, 0.6) is 0 Å². The molecule has 0 aliphatic rings. The van der Waals surface area contributed by atoms with Crippen molar-refractivity contribution in [2.45, 2.75) is 11.4 Å². The summed E-state index contributed by atoms with van der Waals surface area (Å²) in [6, 6.07) is 3.97. The molecule has 8 heteroatoms. The fraction of sp³-hybridized carbons (Fsp3) is 0.182. The molecule has 0 fully saturated rings. The second kappa shape index (κ2) is 5.37. The summed E-state index contributed by atoms with van der Waals surface area (Å²) in [4.78, 5) is -0.388. The third kappa shape index (κ3) is 3.09. The Labute approximate surface area is 110 Å². The summed E-state index contributed by atoms with van der Waals surface area (Å²) < 4.78 is 40.0. The van der Waals surface area contributed by atoms with Gasteiger partial charge in [-0.05, 0) is 24.7 Å². The summed E-state index contributed by atoms with van der Waals surface area (Å²) in [6.45, 7) is 0.453. The lowest BCUT2D eigenvalue weighted by atomic mass is 10.2. The molecule has 19 heavy (non-hydrogen) atoms. The zero-order valence-corrected chi connectivity index (χ0v) is 11.0. The molecule has 0 atom stereocenters. The number of H-pyrrole nitrogens is 1. The summed E-state index contributed by atoms with van der Waals surface area (Å²) in [7, 11) is -2.24. The lowest BCUT2D eigenvalue weighted by Gasteiger charge is -2.09. The van der Waals surface area contributed by atoms with E-state index in [0.29, 0.717) is 12.1 Å². The zero-order valence-electron chi connectivity index (χ0n) is 10.1. The molecule has 102 valence electrons. The van der Waals surface area contributed by atoms with Crippen molar-refractivity contribution in [3.05, 3.63) is 42.0 Å². The largest absolute Gasteiger partial charge is 0.316 e. The Hall–Kier alpha value is -1.93. The van der Waals surface area contributed by atoms with E-state index >= 15 is 0 Å². The molecule has 0 spiro atoms. The highest BCUT2D eigenvalue weighted by atomic mass is 32.2. The van der Waals surface area contributed by atoms with Crippen molar-refractivity contribution < 1.29 is 12.8 Å². The van der Waals surface area contributed by atoms with Crippen molar-refractivity contribution in [1.82, 2.24) is 15.5 Å². The molecule has 0 radical (unpaired) electrons. The SMILES string of the molecule is CNCc1ccc(F)c(S(=O)(=O)Nc2cn[nH]c2)c1. The number of hydrogen-bond donors (Lipinski definition) is 3. The van der Waals surface area contributed by atoms with Crippen LogP contribution >= 0.6 is 0 Å². The van der Waals surface area contributed by atoms with E-state index in [0.717, 1.165) is 6.07 Å². The number of aromatic nitrogens is 2. The van der Waals surface area contributed by atoms with Gasteiger partial charge in [0, 0.05) is 12.7 Å². The Morgan fingerprint density at radius 1 is 1.42 bits per heavy atom. The molecule has 2 aromatic rings. The average molecular weight is 284 g/mol. The molecule has 0 saturated heterocycles. The van der Waals surface area contributed by atoms with Gasteiger partial charge in [-0.1, -0.05) is 6.07 Å². The van der Waals surface area contributed by atoms with Gasteiger partial charge in [0.1, 0.15) is 10.7 Å². The van der Waals surface area contributed by atoms with Crippen LogP contribution in [0.1, 0.15) is 5.56 Å². The zero-order chi connectivity index (χ0) is 13.9. The quantitative estimate of drug-likeness (QED) is 0.766. The normalized spacial score (nSPS) is 11.5. The molecule has 6 nitrogen and oxygen atoms in total. The second-order valence-corrected chi connectivity index (χ2v) is 5.54. The Morgan fingerprint density at radius 3 is 2.84 bits per heavy atom. The molecule has 0 aliphatic carbocycles. The minimum atomic E-state index is -3.97. The van der Waals surface area contributed by atoms with Gasteiger partial charge in [-0.25, -0.2) is 12.8 Å². The molecule has 1 heterocycles. The number of halogens is 1. The third-order valence-electron chi connectivity index (χ3n) is 2.42. The number of nitrogens with one attached hydrogen (secondary N) is 3. The van der Waals surface area contributed by atoms with Gasteiger partial charge < -0.3 is 5.32 Å². The van der Waals surface area contributed by atoms with Crippen LogP contribution in [0, 0.1) is 5.82 Å². The molecule has 0 aliphatic heterocycles. The van der Waals surface area contributed by atoms with E-state index in [-0.39, 0.29) is 10.6 Å². The molecule has 1 aromatic heterocycles. The van der Waals surface area contributed by atoms with Crippen LogP contribution in [0.3, 0.4) is 0 Å². The van der Waals surface area contributed by atoms with E-state index in [2.05, 4.69) is 20.2 Å². The first-order valence-corrected chi connectivity index (χ1v) is 6.96. The summed E-state index contributed by atoms with van der Waals surface area (Å²) in [5.41, 5.74) is 0.926. The second-order valence-electron chi connectivity index (χ2n) is 3.89. The van der Waals surface area contributed by atoms with Crippen LogP contribution in [0.4, 0.5) is 10.1 Å². The van der Waals surface area contributed by atoms with E-state index in [1.54, 1.807) is 7.05 Å². The van der Waals surface area contributed by atoms with Crippen LogP contribution in [0.25, 0.3) is 0 Å². The summed E-state index contributed by atoms with van der Waals surface area (Å²) in [5, 5.41) is 8.96. The highest BCUT2D eigenvalue weighted by molar-refractivity contribution is 7.92. The topological polar surface area (TPSA) is 86.9 Å². The molecule has 0 unspecified atom stereocenters. The highest BCUT2D eigenvalue weighted by Gasteiger charge is 2.20. The standard InChI is InChI=1S/C11H13FN4O2S/c1-13-5-8-2-3-10(12)11(4-8)19(17,18)16-9-6-14-15-7-9/h2-4,6-7,13,16H,5H2,1H3,(H,14,15). The first-order chi connectivity index (χ1) is 9.03. The van der Waals surface area contributed by atoms with Crippen molar-refractivity contribution in [2.75, 3.05) is 11.8 Å². The van der Waals surface area contributed by atoms with E-state index < -0.39 is 15.8 Å². The predicted octanol–water partition coefficient (Wildman–Crippen LogP) is 1.07. The maximum absolute atomic E-state index is 13.7. The maximum atomic E-state index is 13.7. The fourth-order valence-corrected chi connectivity index (χ4v) is 2.75. The Bertz CT molecular complexity index is 655. The molecule has 1 aromatic carbocycles. The smallest absolute Gasteiger partial charge is 0.264 e. The average Bonchev–Trinajstić information content (AvgIpc) is 2.84. The fourth-order valence-electron chi connectivity index (χ4n) is 1.58. The van der Waals surface area contributed by atoms with Crippen LogP contribution in [-0.2, 0) is 16.6 Å². The summed E-state index contributed by atoms with van der Waals surface area (Å²) in [6.07, 6.45) is 2.67. The lowest BCUT2D eigenvalue weighted by Crippen LogP contribution is -2.15. The van der Waals surface area contributed by atoms with Crippen LogP contribution < -0.4 is 10.0 Å². The van der Waals surface area contributed by atoms with Crippen LogP contribution in [0.2, 0.25) is 0 Å². The molecular formula is C11H13FN4O2S. The van der Waals surface area contributed by atoms with Gasteiger partial charge in [0.05, 0.1) is 11.9 Å². The van der Waals surface area contributed by atoms with Gasteiger partial charge >= 0.3 is 0 Å². The number of aromatic amines is 1. The van der Waals surface area contributed by atoms with E-state index in [4.69, 9.17) is 0 Å². The van der Waals surface area contributed by atoms with Crippen molar-refractivity contribution in [1.29, 1.82) is 0 Å². The minimum absolute atomic E-state index is 0.249. The maximum Gasteiger partial charge on any atom is 0.264 e. The monoisotopic (exact) mass is 284 g/mol. The van der Waals surface area contributed by atoms with Gasteiger partial charge in [-0.3, -0.25) is 9.82 Å². The van der Waals surface area contributed by atoms with Gasteiger partial charge in [-0.2, -0.15) is 5.10 Å². The van der Waals surface area contributed by atoms with Gasteiger partial charge in [0.2, 0.25) is 0 Å². The Kier molecular flexibility index (Phi) is 3.82. The van der Waals surface area contributed by atoms with Crippen LogP contribution in [0.15, 0.2) is 35.5 Å². The lowest BCUT2D eigenvalue weighted by molar-refractivity contribution is 0.569. The molecule has 3 N–H and O–H groups in total. The number of rotatable bonds is 5. The number of nitrogens with zero attached hydrogens (tertiary/aromatic N) is 1. The number of anilines is 1. The summed E-state index contributed by atoms with van der Waals surface area (Å²) in [5.74, 6) is -0.796. The van der Waals surface area contributed by atoms with Gasteiger partial charge in [0.15, 0.2) is 0 Å². The summed E-state index contributed by atoms with van der Waals surface area (Å²) >= 11 is 0. The van der Waals surface area contributed by atoms with E-state index in [1.807, 2.05) is 0 Å².